The average Bonchev–Trinajstić information content (AvgIpc) is 2.61. The van der Waals surface area contributed by atoms with Crippen molar-refractivity contribution >= 4 is 10.9 Å². The fourth-order valence-corrected chi connectivity index (χ4v) is 2.30. The standard InChI is InChI=1S/C16H13N5O2/c1-23-15-11(9-17)8-13-14(20-15)3-7-21(16(13)22)6-2-12-10-18-4-5-19-12/h3-5,7-8,10H,2,6H2,1H3. The average molecular weight is 307 g/mol. The van der Waals surface area contributed by atoms with Crippen LogP contribution in [-0.4, -0.2) is 26.6 Å². The van der Waals surface area contributed by atoms with Crippen molar-refractivity contribution in [3.63, 3.8) is 0 Å². The monoisotopic (exact) mass is 307 g/mol. The van der Waals surface area contributed by atoms with Gasteiger partial charge < -0.3 is 9.30 Å². The van der Waals surface area contributed by atoms with E-state index in [9.17, 15) is 4.79 Å². The van der Waals surface area contributed by atoms with Gasteiger partial charge in [0.15, 0.2) is 0 Å². The van der Waals surface area contributed by atoms with Gasteiger partial charge in [-0.1, -0.05) is 0 Å². The zero-order chi connectivity index (χ0) is 16.2. The lowest BCUT2D eigenvalue weighted by Gasteiger charge is -2.08. The largest absolute Gasteiger partial charge is 0.480 e. The van der Waals surface area contributed by atoms with Gasteiger partial charge in [-0.25, -0.2) is 4.98 Å². The van der Waals surface area contributed by atoms with Crippen LogP contribution in [0.5, 0.6) is 5.88 Å². The molecule has 7 heteroatoms. The van der Waals surface area contributed by atoms with Crippen molar-refractivity contribution in [2.24, 2.45) is 0 Å². The molecule has 0 fully saturated rings. The first-order chi connectivity index (χ1) is 11.2. The SMILES string of the molecule is COc1nc2ccn(CCc3cnccn3)c(=O)c2cc1C#N. The van der Waals surface area contributed by atoms with Crippen molar-refractivity contribution in [3.05, 3.63) is 58.5 Å². The quantitative estimate of drug-likeness (QED) is 0.721. The number of methoxy groups -OCH3 is 1. The molecule has 3 aromatic rings. The van der Waals surface area contributed by atoms with E-state index >= 15 is 0 Å². The summed E-state index contributed by atoms with van der Waals surface area (Å²) < 4.78 is 6.64. The maximum Gasteiger partial charge on any atom is 0.260 e. The number of hydrogen-bond donors (Lipinski definition) is 0. The minimum Gasteiger partial charge on any atom is -0.480 e. The Morgan fingerprint density at radius 1 is 1.39 bits per heavy atom. The van der Waals surface area contributed by atoms with Crippen LogP contribution in [0.25, 0.3) is 10.9 Å². The Morgan fingerprint density at radius 3 is 2.96 bits per heavy atom. The third-order valence-electron chi connectivity index (χ3n) is 3.46. The maximum atomic E-state index is 12.6. The highest BCUT2D eigenvalue weighted by Gasteiger charge is 2.11. The second-order valence-electron chi connectivity index (χ2n) is 4.85. The molecule has 3 aromatic heterocycles. The lowest BCUT2D eigenvalue weighted by molar-refractivity contribution is 0.398. The molecule has 0 atom stereocenters. The van der Waals surface area contributed by atoms with Crippen LogP contribution in [-0.2, 0) is 13.0 Å². The van der Waals surface area contributed by atoms with E-state index in [1.165, 1.54) is 13.2 Å². The van der Waals surface area contributed by atoms with Crippen molar-refractivity contribution in [3.8, 4) is 11.9 Å². The zero-order valence-electron chi connectivity index (χ0n) is 12.4. The van der Waals surface area contributed by atoms with Crippen molar-refractivity contribution in [2.75, 3.05) is 7.11 Å². The van der Waals surface area contributed by atoms with Crippen LogP contribution < -0.4 is 10.3 Å². The molecular formula is C16H13N5O2. The number of aryl methyl sites for hydroxylation is 2. The summed E-state index contributed by atoms with van der Waals surface area (Å²) in [6.45, 7) is 0.474. The Kier molecular flexibility index (Phi) is 3.97. The number of hydrogen-bond acceptors (Lipinski definition) is 6. The van der Waals surface area contributed by atoms with Gasteiger partial charge in [-0.15, -0.1) is 0 Å². The first-order valence-corrected chi connectivity index (χ1v) is 6.96. The molecule has 0 aliphatic rings. The molecule has 0 aliphatic heterocycles. The van der Waals surface area contributed by atoms with Crippen LogP contribution in [0, 0.1) is 11.3 Å². The second kappa shape index (κ2) is 6.23. The molecular weight excluding hydrogens is 294 g/mol. The van der Waals surface area contributed by atoms with Gasteiger partial charge in [0.2, 0.25) is 5.88 Å². The number of aromatic nitrogens is 4. The molecule has 0 aliphatic carbocycles. The fourth-order valence-electron chi connectivity index (χ4n) is 2.30. The summed E-state index contributed by atoms with van der Waals surface area (Å²) in [5.74, 6) is 0.219. The van der Waals surface area contributed by atoms with Crippen molar-refractivity contribution in [1.29, 1.82) is 5.26 Å². The Balaban J connectivity index is 1.98. The van der Waals surface area contributed by atoms with Gasteiger partial charge >= 0.3 is 0 Å². The van der Waals surface area contributed by atoms with Crippen LogP contribution in [0.3, 0.4) is 0 Å². The Labute approximate surface area is 131 Å². The Bertz CT molecular complexity index is 944. The van der Waals surface area contributed by atoms with Crippen LogP contribution in [0.15, 0.2) is 41.7 Å². The number of nitrogens with zero attached hydrogens (tertiary/aromatic N) is 5. The molecule has 0 amide bonds. The predicted molar refractivity (Wildman–Crippen MR) is 83.0 cm³/mol. The lowest BCUT2D eigenvalue weighted by atomic mass is 10.2. The van der Waals surface area contributed by atoms with Crippen LogP contribution in [0.1, 0.15) is 11.3 Å². The van der Waals surface area contributed by atoms with E-state index in [2.05, 4.69) is 15.0 Å². The summed E-state index contributed by atoms with van der Waals surface area (Å²) in [5.41, 5.74) is 1.36. The molecule has 3 heterocycles. The van der Waals surface area contributed by atoms with Crippen LogP contribution in [0.4, 0.5) is 0 Å². The summed E-state index contributed by atoms with van der Waals surface area (Å²) >= 11 is 0. The van der Waals surface area contributed by atoms with Crippen molar-refractivity contribution in [2.45, 2.75) is 13.0 Å². The van der Waals surface area contributed by atoms with E-state index in [1.54, 1.807) is 35.4 Å². The molecule has 0 saturated carbocycles. The van der Waals surface area contributed by atoms with E-state index in [0.717, 1.165) is 5.69 Å². The van der Waals surface area contributed by atoms with Crippen molar-refractivity contribution < 1.29 is 4.74 Å². The van der Waals surface area contributed by atoms with Crippen LogP contribution in [0.2, 0.25) is 0 Å². The van der Waals surface area contributed by atoms with Gasteiger partial charge in [-0.2, -0.15) is 5.26 Å². The summed E-state index contributed by atoms with van der Waals surface area (Å²) in [6, 6.07) is 5.24. The lowest BCUT2D eigenvalue weighted by Crippen LogP contribution is -2.21. The first kappa shape index (κ1) is 14.7. The Morgan fingerprint density at radius 2 is 2.26 bits per heavy atom. The highest BCUT2D eigenvalue weighted by Crippen LogP contribution is 2.19. The third-order valence-corrected chi connectivity index (χ3v) is 3.46. The molecule has 3 rings (SSSR count). The highest BCUT2D eigenvalue weighted by atomic mass is 16.5. The van der Waals surface area contributed by atoms with Gasteiger partial charge in [0, 0.05) is 37.8 Å². The molecule has 0 spiro atoms. The zero-order valence-corrected chi connectivity index (χ0v) is 12.4. The van der Waals surface area contributed by atoms with Crippen LogP contribution >= 0.6 is 0 Å². The number of rotatable bonds is 4. The molecule has 0 radical (unpaired) electrons. The molecule has 0 bridgehead atoms. The molecule has 0 N–H and O–H groups in total. The summed E-state index contributed by atoms with van der Waals surface area (Å²) in [4.78, 5) is 24.9. The van der Waals surface area contributed by atoms with Gasteiger partial charge in [-0.05, 0) is 12.1 Å². The maximum absolute atomic E-state index is 12.6. The molecule has 0 saturated heterocycles. The van der Waals surface area contributed by atoms with Gasteiger partial charge in [0.1, 0.15) is 11.6 Å². The summed E-state index contributed by atoms with van der Waals surface area (Å²) in [5, 5.41) is 9.52. The number of ether oxygens (including phenoxy) is 1. The van der Waals surface area contributed by atoms with E-state index in [0.29, 0.717) is 23.9 Å². The second-order valence-corrected chi connectivity index (χ2v) is 4.85. The minimum absolute atomic E-state index is 0.196. The van der Waals surface area contributed by atoms with E-state index in [4.69, 9.17) is 10.00 Å². The van der Waals surface area contributed by atoms with Gasteiger partial charge in [-0.3, -0.25) is 14.8 Å². The van der Waals surface area contributed by atoms with Crippen molar-refractivity contribution in [1.82, 2.24) is 19.5 Å². The molecule has 0 aromatic carbocycles. The topological polar surface area (TPSA) is 93.7 Å². The normalized spacial score (nSPS) is 10.4. The first-order valence-electron chi connectivity index (χ1n) is 6.96. The van der Waals surface area contributed by atoms with Gasteiger partial charge in [0.25, 0.3) is 5.56 Å². The molecule has 114 valence electrons. The van der Waals surface area contributed by atoms with E-state index in [1.807, 2.05) is 6.07 Å². The fraction of sp³-hybridized carbons (Fsp3) is 0.188. The Hall–Kier alpha value is -3.27. The van der Waals surface area contributed by atoms with Gasteiger partial charge in [0.05, 0.1) is 23.7 Å². The number of fused-ring (bicyclic) bond motifs is 1. The summed E-state index contributed by atoms with van der Waals surface area (Å²) in [6.07, 6.45) is 7.17. The molecule has 7 nitrogen and oxygen atoms in total. The third kappa shape index (κ3) is 2.87. The molecule has 23 heavy (non-hydrogen) atoms. The number of pyridine rings is 2. The minimum atomic E-state index is -0.196. The number of nitriles is 1. The van der Waals surface area contributed by atoms with E-state index in [-0.39, 0.29) is 17.0 Å². The smallest absolute Gasteiger partial charge is 0.260 e. The van der Waals surface area contributed by atoms with E-state index < -0.39 is 0 Å². The molecule has 0 unspecified atom stereocenters. The summed E-state index contributed by atoms with van der Waals surface area (Å²) in [7, 11) is 1.44. The predicted octanol–water partition coefficient (Wildman–Crippen LogP) is 1.31. The highest BCUT2D eigenvalue weighted by molar-refractivity contribution is 5.79.